The van der Waals surface area contributed by atoms with Crippen LogP contribution in [0.3, 0.4) is 0 Å². The van der Waals surface area contributed by atoms with Gasteiger partial charge in [0, 0.05) is 5.54 Å². The van der Waals surface area contributed by atoms with Gasteiger partial charge in [-0.05, 0) is 56.3 Å². The molecule has 0 aromatic carbocycles. The molecule has 1 aromatic rings. The largest absolute Gasteiger partial charge is 0.363 e. The number of nitrogens with zero attached hydrogens (tertiary/aromatic N) is 2. The summed E-state index contributed by atoms with van der Waals surface area (Å²) in [4.78, 5) is 8.47. The Kier molecular flexibility index (Phi) is 2.35. The average molecular weight is 264 g/mol. The number of nitrogens with one attached hydrogen (secondary N) is 1. The van der Waals surface area contributed by atoms with Gasteiger partial charge >= 0.3 is 0 Å². The normalized spacial score (nSPS) is 41.1. The molecule has 0 aliphatic heterocycles. The molecule has 0 amide bonds. The van der Waals surface area contributed by atoms with Crippen molar-refractivity contribution in [3.8, 4) is 0 Å². The van der Waals surface area contributed by atoms with Crippen molar-refractivity contribution in [1.82, 2.24) is 9.97 Å². The molecule has 0 unspecified atom stereocenters. The lowest BCUT2D eigenvalue weighted by atomic mass is 9.53. The molecule has 96 valence electrons. The van der Waals surface area contributed by atoms with Gasteiger partial charge in [-0.2, -0.15) is 0 Å². The maximum atomic E-state index is 5.92. The minimum atomic E-state index is 0.286. The van der Waals surface area contributed by atoms with Crippen LogP contribution in [0.5, 0.6) is 0 Å². The van der Waals surface area contributed by atoms with Crippen LogP contribution in [0.2, 0.25) is 5.15 Å². The maximum absolute atomic E-state index is 5.92. The van der Waals surface area contributed by atoms with Gasteiger partial charge in [0.15, 0.2) is 0 Å². The zero-order chi connectivity index (χ0) is 12.2. The van der Waals surface area contributed by atoms with Gasteiger partial charge < -0.3 is 5.32 Å². The third-order valence-electron chi connectivity index (χ3n) is 5.04. The van der Waals surface area contributed by atoms with Gasteiger partial charge in [0.2, 0.25) is 0 Å². The Labute approximate surface area is 112 Å². The van der Waals surface area contributed by atoms with Crippen LogP contribution < -0.4 is 5.32 Å². The van der Waals surface area contributed by atoms with E-state index in [1.165, 1.54) is 38.5 Å². The SMILES string of the molecule is Clc1cncc(NC23CC4CC(CC(C4)C2)C3)n1. The molecular weight excluding hydrogens is 246 g/mol. The van der Waals surface area contributed by atoms with Crippen molar-refractivity contribution in [2.45, 2.75) is 44.1 Å². The summed E-state index contributed by atoms with van der Waals surface area (Å²) in [5, 5.41) is 4.15. The zero-order valence-corrected chi connectivity index (χ0v) is 11.2. The fourth-order valence-corrected chi connectivity index (χ4v) is 5.09. The van der Waals surface area contributed by atoms with Crippen molar-refractivity contribution in [2.75, 3.05) is 5.32 Å². The van der Waals surface area contributed by atoms with Crippen molar-refractivity contribution in [1.29, 1.82) is 0 Å². The first kappa shape index (κ1) is 11.0. The molecule has 4 fully saturated rings. The van der Waals surface area contributed by atoms with Crippen molar-refractivity contribution in [3.63, 3.8) is 0 Å². The highest BCUT2D eigenvalue weighted by molar-refractivity contribution is 6.29. The first-order chi connectivity index (χ1) is 8.71. The monoisotopic (exact) mass is 263 g/mol. The Morgan fingerprint density at radius 2 is 1.67 bits per heavy atom. The molecule has 1 heterocycles. The van der Waals surface area contributed by atoms with Crippen molar-refractivity contribution in [3.05, 3.63) is 17.5 Å². The standard InChI is InChI=1S/C14H18ClN3/c15-12-7-16-8-13(17-12)18-14-4-9-1-10(5-14)3-11(2-9)6-14/h7-11H,1-6H2,(H,17,18). The molecule has 3 nitrogen and oxygen atoms in total. The summed E-state index contributed by atoms with van der Waals surface area (Å²) in [5.41, 5.74) is 0.286. The van der Waals surface area contributed by atoms with E-state index >= 15 is 0 Å². The first-order valence-electron chi connectivity index (χ1n) is 6.96. The van der Waals surface area contributed by atoms with Crippen molar-refractivity contribution < 1.29 is 0 Å². The van der Waals surface area contributed by atoms with E-state index in [1.807, 2.05) is 0 Å². The van der Waals surface area contributed by atoms with Crippen LogP contribution in [0.25, 0.3) is 0 Å². The predicted octanol–water partition coefficient (Wildman–Crippen LogP) is 3.51. The molecule has 18 heavy (non-hydrogen) atoms. The second-order valence-electron chi connectivity index (χ2n) is 6.55. The van der Waals surface area contributed by atoms with Crippen LogP contribution in [-0.2, 0) is 0 Å². The summed E-state index contributed by atoms with van der Waals surface area (Å²) in [6.07, 6.45) is 11.7. The van der Waals surface area contributed by atoms with Crippen LogP contribution in [-0.4, -0.2) is 15.5 Å². The summed E-state index contributed by atoms with van der Waals surface area (Å²) < 4.78 is 0. The third-order valence-corrected chi connectivity index (χ3v) is 5.22. The Morgan fingerprint density at radius 3 is 2.22 bits per heavy atom. The topological polar surface area (TPSA) is 37.8 Å². The van der Waals surface area contributed by atoms with Crippen LogP contribution in [0.4, 0.5) is 5.82 Å². The minimum Gasteiger partial charge on any atom is -0.363 e. The highest BCUT2D eigenvalue weighted by Crippen LogP contribution is 2.56. The van der Waals surface area contributed by atoms with Gasteiger partial charge in [-0.1, -0.05) is 11.6 Å². The molecule has 1 aromatic heterocycles. The summed E-state index contributed by atoms with van der Waals surface area (Å²) in [6.45, 7) is 0. The number of rotatable bonds is 2. The zero-order valence-electron chi connectivity index (χ0n) is 10.4. The summed E-state index contributed by atoms with van der Waals surface area (Å²) in [7, 11) is 0. The number of hydrogen-bond acceptors (Lipinski definition) is 3. The number of halogens is 1. The van der Waals surface area contributed by atoms with Gasteiger partial charge in [0.1, 0.15) is 11.0 Å². The second kappa shape index (κ2) is 3.83. The van der Waals surface area contributed by atoms with Gasteiger partial charge in [-0.15, -0.1) is 0 Å². The molecule has 0 radical (unpaired) electrons. The van der Waals surface area contributed by atoms with E-state index in [1.54, 1.807) is 12.4 Å². The Hall–Kier alpha value is -0.830. The molecular formula is C14H18ClN3. The van der Waals surface area contributed by atoms with Gasteiger partial charge in [0.25, 0.3) is 0 Å². The Balaban J connectivity index is 1.60. The summed E-state index contributed by atoms with van der Waals surface area (Å²) in [6, 6.07) is 0. The average Bonchev–Trinajstić information content (AvgIpc) is 2.25. The van der Waals surface area contributed by atoms with E-state index in [0.29, 0.717) is 5.15 Å². The van der Waals surface area contributed by atoms with E-state index in [9.17, 15) is 0 Å². The predicted molar refractivity (Wildman–Crippen MR) is 71.6 cm³/mol. The quantitative estimate of drug-likeness (QED) is 0.887. The lowest BCUT2D eigenvalue weighted by molar-refractivity contribution is 0.0105. The molecule has 4 bridgehead atoms. The smallest absolute Gasteiger partial charge is 0.149 e. The Bertz CT molecular complexity index is 439. The second-order valence-corrected chi connectivity index (χ2v) is 6.94. The van der Waals surface area contributed by atoms with Crippen molar-refractivity contribution in [2.24, 2.45) is 17.8 Å². The highest BCUT2D eigenvalue weighted by Gasteiger charge is 2.51. The molecule has 0 atom stereocenters. The molecule has 4 saturated carbocycles. The molecule has 0 saturated heterocycles. The van der Waals surface area contributed by atoms with Gasteiger partial charge in [-0.25, -0.2) is 4.98 Å². The molecule has 4 aliphatic carbocycles. The van der Waals surface area contributed by atoms with E-state index in [4.69, 9.17) is 11.6 Å². The van der Waals surface area contributed by atoms with E-state index in [0.717, 1.165) is 23.6 Å². The Morgan fingerprint density at radius 1 is 1.06 bits per heavy atom. The molecule has 5 rings (SSSR count). The number of anilines is 1. The fourth-order valence-electron chi connectivity index (χ4n) is 4.94. The van der Waals surface area contributed by atoms with Crippen LogP contribution in [0.15, 0.2) is 12.4 Å². The first-order valence-corrected chi connectivity index (χ1v) is 7.34. The summed E-state index contributed by atoms with van der Waals surface area (Å²) in [5.74, 6) is 3.67. The number of aromatic nitrogens is 2. The fraction of sp³-hybridized carbons (Fsp3) is 0.714. The van der Waals surface area contributed by atoms with Crippen LogP contribution in [0.1, 0.15) is 38.5 Å². The summed E-state index contributed by atoms with van der Waals surface area (Å²) >= 11 is 5.92. The highest BCUT2D eigenvalue weighted by atomic mass is 35.5. The minimum absolute atomic E-state index is 0.286. The maximum Gasteiger partial charge on any atom is 0.149 e. The van der Waals surface area contributed by atoms with Crippen LogP contribution in [0, 0.1) is 17.8 Å². The van der Waals surface area contributed by atoms with Crippen molar-refractivity contribution >= 4 is 17.4 Å². The van der Waals surface area contributed by atoms with Gasteiger partial charge in [0.05, 0.1) is 12.4 Å². The van der Waals surface area contributed by atoms with Gasteiger partial charge in [-0.3, -0.25) is 4.98 Å². The van der Waals surface area contributed by atoms with E-state index in [-0.39, 0.29) is 5.54 Å². The lowest BCUT2D eigenvalue weighted by Crippen LogP contribution is -2.54. The number of hydrogen-bond donors (Lipinski definition) is 1. The lowest BCUT2D eigenvalue weighted by Gasteiger charge is -2.57. The molecule has 4 aliphatic rings. The molecule has 0 spiro atoms. The van der Waals surface area contributed by atoms with E-state index in [2.05, 4.69) is 15.3 Å². The van der Waals surface area contributed by atoms with Crippen LogP contribution >= 0.6 is 11.6 Å². The molecule has 1 N–H and O–H groups in total. The van der Waals surface area contributed by atoms with E-state index < -0.39 is 0 Å². The third kappa shape index (κ3) is 1.80. The molecule has 4 heteroatoms.